The van der Waals surface area contributed by atoms with Crippen molar-refractivity contribution < 1.29 is 4.79 Å². The van der Waals surface area contributed by atoms with Crippen LogP contribution in [0.3, 0.4) is 0 Å². The number of fused-ring (bicyclic) bond motifs is 3. The van der Waals surface area contributed by atoms with E-state index >= 15 is 0 Å². The van der Waals surface area contributed by atoms with Gasteiger partial charge in [-0.25, -0.2) is 0 Å². The first-order valence-electron chi connectivity index (χ1n) is 8.45. The Kier molecular flexibility index (Phi) is 2.42. The van der Waals surface area contributed by atoms with E-state index in [1.54, 1.807) is 0 Å². The molecule has 0 aromatic heterocycles. The van der Waals surface area contributed by atoms with Gasteiger partial charge in [-0.3, -0.25) is 4.79 Å². The van der Waals surface area contributed by atoms with E-state index in [1.807, 2.05) is 0 Å². The third-order valence-electron chi connectivity index (χ3n) is 7.23. The van der Waals surface area contributed by atoms with Gasteiger partial charge in [0.25, 0.3) is 0 Å². The summed E-state index contributed by atoms with van der Waals surface area (Å²) in [5.41, 5.74) is 1.39. The highest BCUT2D eigenvalue weighted by Crippen LogP contribution is 2.67. The highest BCUT2D eigenvalue weighted by molar-refractivity contribution is 5.82. The van der Waals surface area contributed by atoms with Crippen LogP contribution in [-0.4, -0.2) is 11.4 Å². The maximum atomic E-state index is 12.2. The van der Waals surface area contributed by atoms with Crippen molar-refractivity contribution in [3.05, 3.63) is 0 Å². The monoisotopic (exact) mass is 261 g/mol. The van der Waals surface area contributed by atoms with E-state index in [1.165, 1.54) is 57.8 Å². The van der Waals surface area contributed by atoms with Crippen molar-refractivity contribution >= 4 is 5.91 Å². The van der Waals surface area contributed by atoms with E-state index < -0.39 is 0 Å². The number of nitrogens with one attached hydrogen (secondary N) is 1. The fraction of sp³-hybridized carbons (Fsp3) is 0.941. The Labute approximate surface area is 116 Å². The average Bonchev–Trinajstić information content (AvgIpc) is 3.34. The quantitative estimate of drug-likeness (QED) is 0.819. The molecule has 0 aromatic carbocycles. The summed E-state index contributed by atoms with van der Waals surface area (Å²) in [7, 11) is 0. The molecule has 0 heterocycles. The van der Waals surface area contributed by atoms with Gasteiger partial charge >= 0.3 is 0 Å². The third-order valence-corrected chi connectivity index (χ3v) is 7.23. The molecule has 2 heteroatoms. The predicted molar refractivity (Wildman–Crippen MR) is 75.7 cm³/mol. The summed E-state index contributed by atoms with van der Waals surface area (Å²) >= 11 is 0. The lowest BCUT2D eigenvalue weighted by Gasteiger charge is -2.57. The predicted octanol–water partition coefficient (Wildman–Crippen LogP) is 3.80. The Hall–Kier alpha value is -0.530. The summed E-state index contributed by atoms with van der Waals surface area (Å²) in [4.78, 5) is 12.2. The van der Waals surface area contributed by atoms with Crippen LogP contribution in [0.15, 0.2) is 0 Å². The van der Waals surface area contributed by atoms with Crippen LogP contribution in [0.1, 0.15) is 77.6 Å². The van der Waals surface area contributed by atoms with Crippen LogP contribution in [0.4, 0.5) is 0 Å². The van der Waals surface area contributed by atoms with Gasteiger partial charge < -0.3 is 5.32 Å². The van der Waals surface area contributed by atoms with Gasteiger partial charge in [0.1, 0.15) is 0 Å². The van der Waals surface area contributed by atoms with E-state index in [-0.39, 0.29) is 5.54 Å². The minimum atomic E-state index is 0.229. The summed E-state index contributed by atoms with van der Waals surface area (Å²) < 4.78 is 0. The molecular formula is C17H27NO. The van der Waals surface area contributed by atoms with Crippen LogP contribution in [0.2, 0.25) is 0 Å². The second-order valence-electron chi connectivity index (χ2n) is 7.98. The number of rotatable bonds is 4. The number of hydrogen-bond acceptors (Lipinski definition) is 1. The van der Waals surface area contributed by atoms with Gasteiger partial charge in [0, 0.05) is 11.5 Å². The molecule has 0 aliphatic heterocycles. The van der Waals surface area contributed by atoms with Crippen LogP contribution < -0.4 is 5.32 Å². The summed E-state index contributed by atoms with van der Waals surface area (Å²) in [6, 6.07) is 0. The van der Waals surface area contributed by atoms with Crippen molar-refractivity contribution in [3.63, 3.8) is 0 Å². The van der Waals surface area contributed by atoms with E-state index in [9.17, 15) is 4.79 Å². The summed E-state index contributed by atoms with van der Waals surface area (Å²) in [5, 5.41) is 3.51. The molecule has 19 heavy (non-hydrogen) atoms. The van der Waals surface area contributed by atoms with Gasteiger partial charge in [-0.15, -0.1) is 0 Å². The molecule has 5 fully saturated rings. The van der Waals surface area contributed by atoms with E-state index in [0.29, 0.717) is 22.7 Å². The average molecular weight is 261 g/mol. The number of hydrogen-bond donors (Lipinski definition) is 1. The van der Waals surface area contributed by atoms with Crippen molar-refractivity contribution in [2.75, 3.05) is 0 Å². The molecule has 106 valence electrons. The van der Waals surface area contributed by atoms with Gasteiger partial charge in [-0.05, 0) is 75.0 Å². The molecule has 5 saturated carbocycles. The van der Waals surface area contributed by atoms with Crippen LogP contribution in [0.25, 0.3) is 0 Å². The molecule has 0 radical (unpaired) electrons. The zero-order valence-corrected chi connectivity index (χ0v) is 12.3. The Balaban J connectivity index is 1.51. The lowest BCUT2D eigenvalue weighted by atomic mass is 9.50. The number of carbonyl (C=O) groups excluding carboxylic acids is 1. The Morgan fingerprint density at radius 3 is 2.00 bits per heavy atom. The maximum absolute atomic E-state index is 12.2. The van der Waals surface area contributed by atoms with Gasteiger partial charge in [0.15, 0.2) is 0 Å². The van der Waals surface area contributed by atoms with Crippen molar-refractivity contribution in [1.82, 2.24) is 5.32 Å². The van der Waals surface area contributed by atoms with Gasteiger partial charge in [0.05, 0.1) is 0 Å². The van der Waals surface area contributed by atoms with E-state index in [0.717, 1.165) is 12.8 Å². The van der Waals surface area contributed by atoms with E-state index in [4.69, 9.17) is 0 Å². The topological polar surface area (TPSA) is 29.1 Å². The lowest BCUT2D eigenvalue weighted by molar-refractivity contribution is -0.126. The molecule has 1 amide bonds. The smallest absolute Gasteiger partial charge is 0.223 e. The summed E-state index contributed by atoms with van der Waals surface area (Å²) in [5.74, 6) is 0.751. The standard InChI is InChI=1S/C17H27NO/c1-2-15-5-8-16(9-6-15,10-7-15)17(11-12-17)18-14(19)13-3-4-13/h13H,2-12H2,1H3,(H,18,19). The first kappa shape index (κ1) is 12.2. The Morgan fingerprint density at radius 1 is 1.00 bits per heavy atom. The molecule has 5 rings (SSSR count). The van der Waals surface area contributed by atoms with Crippen molar-refractivity contribution in [3.8, 4) is 0 Å². The van der Waals surface area contributed by atoms with Crippen LogP contribution in [0, 0.1) is 16.7 Å². The minimum absolute atomic E-state index is 0.229. The first-order valence-corrected chi connectivity index (χ1v) is 8.45. The molecular weight excluding hydrogens is 234 g/mol. The van der Waals surface area contributed by atoms with Crippen LogP contribution in [-0.2, 0) is 4.79 Å². The van der Waals surface area contributed by atoms with Gasteiger partial charge in [0.2, 0.25) is 5.91 Å². The molecule has 2 nitrogen and oxygen atoms in total. The van der Waals surface area contributed by atoms with Crippen molar-refractivity contribution in [2.45, 2.75) is 83.1 Å². The lowest BCUT2D eigenvalue weighted by Crippen LogP contribution is -2.56. The van der Waals surface area contributed by atoms with Gasteiger partial charge in [-0.2, -0.15) is 0 Å². The van der Waals surface area contributed by atoms with Crippen molar-refractivity contribution in [1.29, 1.82) is 0 Å². The molecule has 0 unspecified atom stereocenters. The SMILES string of the molecule is CCC12CCC(C3(NC(=O)C4CC4)CC3)(CC1)CC2. The summed E-state index contributed by atoms with van der Waals surface area (Å²) in [6.07, 6.45) is 14.5. The minimum Gasteiger partial charge on any atom is -0.350 e. The third kappa shape index (κ3) is 1.71. The second kappa shape index (κ2) is 3.77. The molecule has 1 N–H and O–H groups in total. The maximum Gasteiger partial charge on any atom is 0.223 e. The fourth-order valence-corrected chi connectivity index (χ4v) is 5.11. The molecule has 0 saturated heterocycles. The highest BCUT2D eigenvalue weighted by atomic mass is 16.2. The zero-order valence-electron chi connectivity index (χ0n) is 12.3. The molecule has 0 spiro atoms. The largest absolute Gasteiger partial charge is 0.350 e. The molecule has 5 aliphatic carbocycles. The number of amides is 1. The highest BCUT2D eigenvalue weighted by Gasteiger charge is 2.64. The first-order chi connectivity index (χ1) is 9.13. The zero-order chi connectivity index (χ0) is 13.1. The van der Waals surface area contributed by atoms with Gasteiger partial charge in [-0.1, -0.05) is 13.3 Å². The molecule has 5 aliphatic rings. The fourth-order valence-electron chi connectivity index (χ4n) is 5.11. The van der Waals surface area contributed by atoms with Crippen molar-refractivity contribution in [2.24, 2.45) is 16.7 Å². The molecule has 0 atom stereocenters. The Bertz CT molecular complexity index is 381. The number of carbonyl (C=O) groups is 1. The van der Waals surface area contributed by atoms with Crippen LogP contribution >= 0.6 is 0 Å². The molecule has 0 aromatic rings. The van der Waals surface area contributed by atoms with Crippen LogP contribution in [0.5, 0.6) is 0 Å². The normalized spacial score (nSPS) is 43.0. The second-order valence-corrected chi connectivity index (χ2v) is 7.98. The molecule has 2 bridgehead atoms. The Morgan fingerprint density at radius 2 is 1.58 bits per heavy atom. The van der Waals surface area contributed by atoms with E-state index in [2.05, 4.69) is 12.2 Å². The summed E-state index contributed by atoms with van der Waals surface area (Å²) in [6.45, 7) is 2.38.